The second-order valence-corrected chi connectivity index (χ2v) is 1.83. The molecule has 0 heterocycles. The SMILES string of the molecule is CCC(=O)CCCOO. The number of carbonyl (C=O) groups excluding carboxylic acids is 1. The lowest BCUT2D eigenvalue weighted by atomic mass is 10.2. The molecule has 0 aromatic heterocycles. The van der Waals surface area contributed by atoms with Crippen molar-refractivity contribution in [1.29, 1.82) is 0 Å². The van der Waals surface area contributed by atoms with Gasteiger partial charge in [-0.3, -0.25) is 10.1 Å². The van der Waals surface area contributed by atoms with Gasteiger partial charge in [0.15, 0.2) is 0 Å². The van der Waals surface area contributed by atoms with Gasteiger partial charge >= 0.3 is 0 Å². The quantitative estimate of drug-likeness (QED) is 0.347. The molecule has 0 radical (unpaired) electrons. The molecule has 0 aliphatic rings. The van der Waals surface area contributed by atoms with Crippen molar-refractivity contribution in [3.63, 3.8) is 0 Å². The Morgan fingerprint density at radius 3 is 2.78 bits per heavy atom. The Morgan fingerprint density at radius 1 is 1.67 bits per heavy atom. The fraction of sp³-hybridized carbons (Fsp3) is 0.833. The summed E-state index contributed by atoms with van der Waals surface area (Å²) in [6.45, 7) is 2.08. The van der Waals surface area contributed by atoms with Crippen molar-refractivity contribution in [3.05, 3.63) is 0 Å². The lowest BCUT2D eigenvalue weighted by Crippen LogP contribution is -1.97. The Morgan fingerprint density at radius 2 is 2.33 bits per heavy atom. The van der Waals surface area contributed by atoms with E-state index in [1.807, 2.05) is 6.92 Å². The Hall–Kier alpha value is -0.410. The van der Waals surface area contributed by atoms with Gasteiger partial charge in [-0.1, -0.05) is 6.92 Å². The summed E-state index contributed by atoms with van der Waals surface area (Å²) in [4.78, 5) is 14.3. The van der Waals surface area contributed by atoms with Crippen LogP contribution in [0.4, 0.5) is 0 Å². The molecule has 0 aliphatic carbocycles. The highest BCUT2D eigenvalue weighted by Crippen LogP contribution is 1.93. The summed E-state index contributed by atoms with van der Waals surface area (Å²) in [5.74, 6) is 0.215. The molecule has 3 nitrogen and oxygen atoms in total. The van der Waals surface area contributed by atoms with Crippen LogP contribution in [-0.4, -0.2) is 17.6 Å². The highest BCUT2D eigenvalue weighted by atomic mass is 17.1. The van der Waals surface area contributed by atoms with E-state index in [-0.39, 0.29) is 12.4 Å². The first-order chi connectivity index (χ1) is 4.31. The molecule has 0 spiro atoms. The normalized spacial score (nSPS) is 9.56. The highest BCUT2D eigenvalue weighted by molar-refractivity contribution is 5.77. The van der Waals surface area contributed by atoms with E-state index in [0.29, 0.717) is 19.3 Å². The number of rotatable bonds is 5. The summed E-state index contributed by atoms with van der Waals surface area (Å²) >= 11 is 0. The molecule has 0 aromatic rings. The van der Waals surface area contributed by atoms with Crippen LogP contribution in [0.5, 0.6) is 0 Å². The van der Waals surface area contributed by atoms with E-state index in [9.17, 15) is 4.79 Å². The Balaban J connectivity index is 2.97. The molecule has 0 aliphatic heterocycles. The van der Waals surface area contributed by atoms with Gasteiger partial charge in [0, 0.05) is 12.8 Å². The molecule has 0 unspecified atom stereocenters. The van der Waals surface area contributed by atoms with Crippen molar-refractivity contribution < 1.29 is 14.9 Å². The van der Waals surface area contributed by atoms with Gasteiger partial charge in [0.1, 0.15) is 5.78 Å². The summed E-state index contributed by atoms with van der Waals surface area (Å²) < 4.78 is 0. The van der Waals surface area contributed by atoms with Gasteiger partial charge in [-0.25, -0.2) is 4.89 Å². The second kappa shape index (κ2) is 5.72. The Labute approximate surface area is 54.6 Å². The van der Waals surface area contributed by atoms with Crippen LogP contribution in [0, 0.1) is 0 Å². The Bertz CT molecular complexity index is 80.4. The highest BCUT2D eigenvalue weighted by Gasteiger charge is 1.95. The van der Waals surface area contributed by atoms with Gasteiger partial charge in [-0.05, 0) is 6.42 Å². The minimum absolute atomic E-state index is 0.215. The first-order valence-corrected chi connectivity index (χ1v) is 3.09. The third-order valence-corrected chi connectivity index (χ3v) is 1.09. The van der Waals surface area contributed by atoms with Gasteiger partial charge in [0.2, 0.25) is 0 Å². The van der Waals surface area contributed by atoms with Crippen LogP contribution in [0.15, 0.2) is 0 Å². The zero-order valence-electron chi connectivity index (χ0n) is 5.59. The van der Waals surface area contributed by atoms with E-state index >= 15 is 0 Å². The van der Waals surface area contributed by atoms with Crippen molar-refractivity contribution in [1.82, 2.24) is 0 Å². The van der Waals surface area contributed by atoms with Gasteiger partial charge in [0.25, 0.3) is 0 Å². The summed E-state index contributed by atoms with van der Waals surface area (Å²) in [5, 5.41) is 7.84. The van der Waals surface area contributed by atoms with Gasteiger partial charge in [-0.15, -0.1) is 0 Å². The zero-order chi connectivity index (χ0) is 7.11. The monoisotopic (exact) mass is 132 g/mol. The van der Waals surface area contributed by atoms with Crippen molar-refractivity contribution in [2.45, 2.75) is 26.2 Å². The minimum Gasteiger partial charge on any atom is -0.300 e. The maximum atomic E-state index is 10.5. The molecule has 0 rings (SSSR count). The summed E-state index contributed by atoms with van der Waals surface area (Å²) in [7, 11) is 0. The van der Waals surface area contributed by atoms with Crippen LogP contribution in [0.25, 0.3) is 0 Å². The molecule has 0 saturated carbocycles. The Kier molecular flexibility index (Phi) is 5.46. The number of Topliss-reactive ketones (excluding diaryl/α,β-unsaturated/α-hetero) is 1. The summed E-state index contributed by atoms with van der Waals surface area (Å²) in [5.41, 5.74) is 0. The molecule has 54 valence electrons. The first kappa shape index (κ1) is 8.59. The van der Waals surface area contributed by atoms with E-state index in [0.717, 1.165) is 0 Å². The van der Waals surface area contributed by atoms with Crippen molar-refractivity contribution >= 4 is 5.78 Å². The largest absolute Gasteiger partial charge is 0.300 e. The molecule has 1 N–H and O–H groups in total. The lowest BCUT2D eigenvalue weighted by molar-refractivity contribution is -0.242. The molecule has 0 aromatic carbocycles. The number of carbonyl (C=O) groups is 1. The number of hydrogen-bond acceptors (Lipinski definition) is 3. The van der Waals surface area contributed by atoms with Crippen LogP contribution in [0.1, 0.15) is 26.2 Å². The van der Waals surface area contributed by atoms with E-state index in [1.165, 1.54) is 0 Å². The molecule has 0 atom stereocenters. The molecular formula is C6H12O3. The van der Waals surface area contributed by atoms with Crippen molar-refractivity contribution in [2.75, 3.05) is 6.61 Å². The minimum atomic E-state index is 0.215. The van der Waals surface area contributed by atoms with E-state index < -0.39 is 0 Å². The van der Waals surface area contributed by atoms with Crippen molar-refractivity contribution in [3.8, 4) is 0 Å². The van der Waals surface area contributed by atoms with Crippen LogP contribution in [0.2, 0.25) is 0 Å². The van der Waals surface area contributed by atoms with E-state index in [4.69, 9.17) is 5.26 Å². The zero-order valence-corrected chi connectivity index (χ0v) is 5.59. The fourth-order valence-corrected chi connectivity index (χ4v) is 0.511. The fourth-order valence-electron chi connectivity index (χ4n) is 0.511. The lowest BCUT2D eigenvalue weighted by Gasteiger charge is -1.93. The first-order valence-electron chi connectivity index (χ1n) is 3.09. The predicted octanol–water partition coefficient (Wildman–Crippen LogP) is 1.24. The van der Waals surface area contributed by atoms with Gasteiger partial charge in [-0.2, -0.15) is 0 Å². The second-order valence-electron chi connectivity index (χ2n) is 1.83. The number of ketones is 1. The van der Waals surface area contributed by atoms with E-state index in [2.05, 4.69) is 4.89 Å². The van der Waals surface area contributed by atoms with Crippen LogP contribution in [-0.2, 0) is 9.68 Å². The smallest absolute Gasteiger partial charge is 0.132 e. The molecule has 0 bridgehead atoms. The maximum absolute atomic E-state index is 10.5. The topological polar surface area (TPSA) is 46.5 Å². The molecule has 0 fully saturated rings. The molecular weight excluding hydrogens is 120 g/mol. The van der Waals surface area contributed by atoms with Crippen LogP contribution >= 0.6 is 0 Å². The van der Waals surface area contributed by atoms with Gasteiger partial charge < -0.3 is 0 Å². The van der Waals surface area contributed by atoms with E-state index in [1.54, 1.807) is 0 Å². The standard InChI is InChI=1S/C6H12O3/c1-2-6(7)4-3-5-9-8/h8H,2-5H2,1H3. The maximum Gasteiger partial charge on any atom is 0.132 e. The van der Waals surface area contributed by atoms with Crippen molar-refractivity contribution in [2.24, 2.45) is 0 Å². The third-order valence-electron chi connectivity index (χ3n) is 1.09. The molecule has 9 heavy (non-hydrogen) atoms. The predicted molar refractivity (Wildman–Crippen MR) is 33.1 cm³/mol. The van der Waals surface area contributed by atoms with Gasteiger partial charge in [0.05, 0.1) is 6.61 Å². The average Bonchev–Trinajstić information content (AvgIpc) is 1.89. The van der Waals surface area contributed by atoms with Crippen LogP contribution < -0.4 is 0 Å². The third kappa shape index (κ3) is 5.46. The molecule has 3 heteroatoms. The average molecular weight is 132 g/mol. The molecule has 0 amide bonds. The number of hydrogen-bond donors (Lipinski definition) is 1. The molecule has 0 saturated heterocycles. The van der Waals surface area contributed by atoms with Crippen LogP contribution in [0.3, 0.4) is 0 Å². The summed E-state index contributed by atoms with van der Waals surface area (Å²) in [6, 6.07) is 0. The summed E-state index contributed by atoms with van der Waals surface area (Å²) in [6.07, 6.45) is 1.70.